The van der Waals surface area contributed by atoms with Crippen molar-refractivity contribution in [2.75, 3.05) is 6.61 Å². The SMILES string of the molecule is CCOc1ccc(-c2cc(C(=O)NCc3ccccc3F)[nH]n2)cc1. The first kappa shape index (κ1) is 16.7. The third kappa shape index (κ3) is 4.03. The van der Waals surface area contributed by atoms with Gasteiger partial charge in [-0.25, -0.2) is 4.39 Å². The molecule has 0 unspecified atom stereocenters. The molecule has 0 fully saturated rings. The number of halogens is 1. The number of amides is 1. The lowest BCUT2D eigenvalue weighted by molar-refractivity contribution is 0.0945. The molecule has 0 aliphatic heterocycles. The van der Waals surface area contributed by atoms with E-state index in [4.69, 9.17) is 4.74 Å². The lowest BCUT2D eigenvalue weighted by Crippen LogP contribution is -2.23. The Hall–Kier alpha value is -3.15. The molecule has 0 atom stereocenters. The van der Waals surface area contributed by atoms with Crippen molar-refractivity contribution in [1.29, 1.82) is 0 Å². The Morgan fingerprint density at radius 3 is 2.68 bits per heavy atom. The van der Waals surface area contributed by atoms with Gasteiger partial charge >= 0.3 is 0 Å². The number of nitrogens with one attached hydrogen (secondary N) is 2. The van der Waals surface area contributed by atoms with E-state index in [9.17, 15) is 9.18 Å². The average molecular weight is 339 g/mol. The Kier molecular flexibility index (Phi) is 5.09. The summed E-state index contributed by atoms with van der Waals surface area (Å²) in [5.74, 6) is 0.0973. The van der Waals surface area contributed by atoms with Gasteiger partial charge in [-0.2, -0.15) is 5.10 Å². The van der Waals surface area contributed by atoms with E-state index in [0.717, 1.165) is 11.3 Å². The molecule has 6 heteroatoms. The van der Waals surface area contributed by atoms with E-state index in [1.807, 2.05) is 31.2 Å². The molecule has 128 valence electrons. The van der Waals surface area contributed by atoms with Gasteiger partial charge in [-0.15, -0.1) is 0 Å². The van der Waals surface area contributed by atoms with Crippen LogP contribution in [0.5, 0.6) is 5.75 Å². The number of hydrogen-bond donors (Lipinski definition) is 2. The molecule has 1 heterocycles. The van der Waals surface area contributed by atoms with Crippen LogP contribution in [0.3, 0.4) is 0 Å². The van der Waals surface area contributed by atoms with Gasteiger partial charge in [0.2, 0.25) is 0 Å². The number of hydrogen-bond acceptors (Lipinski definition) is 3. The first-order chi connectivity index (χ1) is 12.2. The number of aromatic nitrogens is 2. The summed E-state index contributed by atoms with van der Waals surface area (Å²) in [7, 11) is 0. The molecule has 0 bridgehead atoms. The molecule has 25 heavy (non-hydrogen) atoms. The zero-order valence-corrected chi connectivity index (χ0v) is 13.8. The standard InChI is InChI=1S/C19H18FN3O2/c1-2-25-15-9-7-13(8-10-15)17-11-18(23-22-17)19(24)21-12-14-5-3-4-6-16(14)20/h3-11H,2,12H2,1H3,(H,21,24)(H,22,23). The van der Waals surface area contributed by atoms with E-state index in [0.29, 0.717) is 23.6 Å². The summed E-state index contributed by atoms with van der Waals surface area (Å²) < 4.78 is 19.0. The number of ether oxygens (including phenoxy) is 1. The third-order valence-corrected chi connectivity index (χ3v) is 3.68. The number of nitrogens with zero attached hydrogens (tertiary/aromatic N) is 1. The summed E-state index contributed by atoms with van der Waals surface area (Å²) in [6.07, 6.45) is 0. The molecule has 1 amide bonds. The molecule has 0 aliphatic rings. The first-order valence-corrected chi connectivity index (χ1v) is 7.97. The van der Waals surface area contributed by atoms with Gasteiger partial charge in [-0.1, -0.05) is 18.2 Å². The van der Waals surface area contributed by atoms with Crippen molar-refractivity contribution in [2.45, 2.75) is 13.5 Å². The second-order valence-electron chi connectivity index (χ2n) is 5.40. The van der Waals surface area contributed by atoms with Gasteiger partial charge < -0.3 is 10.1 Å². The zero-order chi connectivity index (χ0) is 17.6. The van der Waals surface area contributed by atoms with E-state index in [-0.39, 0.29) is 18.3 Å². The van der Waals surface area contributed by atoms with Crippen molar-refractivity contribution in [3.8, 4) is 17.0 Å². The second-order valence-corrected chi connectivity index (χ2v) is 5.40. The molecule has 5 nitrogen and oxygen atoms in total. The predicted molar refractivity (Wildman–Crippen MR) is 92.8 cm³/mol. The first-order valence-electron chi connectivity index (χ1n) is 7.97. The maximum Gasteiger partial charge on any atom is 0.269 e. The van der Waals surface area contributed by atoms with Crippen LogP contribution in [0, 0.1) is 5.82 Å². The third-order valence-electron chi connectivity index (χ3n) is 3.68. The number of H-pyrrole nitrogens is 1. The summed E-state index contributed by atoms with van der Waals surface area (Å²) in [5.41, 5.74) is 2.27. The minimum Gasteiger partial charge on any atom is -0.494 e. The number of aromatic amines is 1. The Morgan fingerprint density at radius 2 is 1.96 bits per heavy atom. The van der Waals surface area contributed by atoms with Crippen molar-refractivity contribution >= 4 is 5.91 Å². The molecule has 1 aromatic heterocycles. The number of carbonyl (C=O) groups excluding carboxylic acids is 1. The molecule has 0 spiro atoms. The zero-order valence-electron chi connectivity index (χ0n) is 13.8. The quantitative estimate of drug-likeness (QED) is 0.722. The molecule has 0 aliphatic carbocycles. The second kappa shape index (κ2) is 7.61. The van der Waals surface area contributed by atoms with Crippen LogP contribution in [-0.2, 0) is 6.54 Å². The van der Waals surface area contributed by atoms with Crippen LogP contribution in [0.4, 0.5) is 4.39 Å². The van der Waals surface area contributed by atoms with Crippen molar-refractivity contribution in [1.82, 2.24) is 15.5 Å². The highest BCUT2D eigenvalue weighted by Gasteiger charge is 2.12. The van der Waals surface area contributed by atoms with Crippen molar-refractivity contribution in [2.24, 2.45) is 0 Å². The number of rotatable bonds is 6. The maximum absolute atomic E-state index is 13.6. The van der Waals surface area contributed by atoms with Gasteiger partial charge in [0.15, 0.2) is 0 Å². The van der Waals surface area contributed by atoms with Gasteiger partial charge in [0.1, 0.15) is 17.3 Å². The average Bonchev–Trinajstić information content (AvgIpc) is 3.12. The van der Waals surface area contributed by atoms with Crippen LogP contribution in [0.2, 0.25) is 0 Å². The van der Waals surface area contributed by atoms with Gasteiger partial charge in [0, 0.05) is 17.7 Å². The molecule has 2 N–H and O–H groups in total. The minimum atomic E-state index is -0.345. The largest absolute Gasteiger partial charge is 0.494 e. The van der Waals surface area contributed by atoms with Crippen LogP contribution in [0.15, 0.2) is 54.6 Å². The Morgan fingerprint density at radius 1 is 1.20 bits per heavy atom. The van der Waals surface area contributed by atoms with E-state index < -0.39 is 0 Å². The summed E-state index contributed by atoms with van der Waals surface area (Å²) in [6, 6.07) is 15.5. The molecule has 3 aromatic rings. The van der Waals surface area contributed by atoms with Gasteiger partial charge in [0.25, 0.3) is 5.91 Å². The molecular weight excluding hydrogens is 321 g/mol. The van der Waals surface area contributed by atoms with Gasteiger partial charge in [-0.05, 0) is 43.3 Å². The molecule has 3 rings (SSSR count). The number of benzene rings is 2. The summed E-state index contributed by atoms with van der Waals surface area (Å²) in [5, 5.41) is 9.54. The van der Waals surface area contributed by atoms with E-state index in [1.165, 1.54) is 6.07 Å². The van der Waals surface area contributed by atoms with Crippen LogP contribution in [-0.4, -0.2) is 22.7 Å². The van der Waals surface area contributed by atoms with E-state index >= 15 is 0 Å². The molecule has 0 saturated heterocycles. The summed E-state index contributed by atoms with van der Waals surface area (Å²) in [4.78, 5) is 12.2. The summed E-state index contributed by atoms with van der Waals surface area (Å²) in [6.45, 7) is 2.64. The maximum atomic E-state index is 13.6. The molecule has 2 aromatic carbocycles. The minimum absolute atomic E-state index is 0.114. The van der Waals surface area contributed by atoms with E-state index in [1.54, 1.807) is 24.3 Å². The topological polar surface area (TPSA) is 67.0 Å². The van der Waals surface area contributed by atoms with Crippen LogP contribution in [0.1, 0.15) is 23.0 Å². The van der Waals surface area contributed by atoms with Crippen molar-refractivity contribution in [3.05, 3.63) is 71.7 Å². The monoisotopic (exact) mass is 339 g/mol. The van der Waals surface area contributed by atoms with Crippen LogP contribution >= 0.6 is 0 Å². The highest BCUT2D eigenvalue weighted by atomic mass is 19.1. The molecule has 0 saturated carbocycles. The Balaban J connectivity index is 1.66. The highest BCUT2D eigenvalue weighted by Crippen LogP contribution is 2.21. The Labute approximate surface area is 144 Å². The highest BCUT2D eigenvalue weighted by molar-refractivity contribution is 5.93. The van der Waals surface area contributed by atoms with Crippen LogP contribution < -0.4 is 10.1 Å². The summed E-state index contributed by atoms with van der Waals surface area (Å²) >= 11 is 0. The predicted octanol–water partition coefficient (Wildman–Crippen LogP) is 3.54. The fourth-order valence-electron chi connectivity index (χ4n) is 2.39. The van der Waals surface area contributed by atoms with Crippen LogP contribution in [0.25, 0.3) is 11.3 Å². The van der Waals surface area contributed by atoms with Gasteiger partial charge in [-0.3, -0.25) is 9.89 Å². The van der Waals surface area contributed by atoms with Crippen molar-refractivity contribution < 1.29 is 13.9 Å². The normalized spacial score (nSPS) is 10.5. The van der Waals surface area contributed by atoms with Crippen molar-refractivity contribution in [3.63, 3.8) is 0 Å². The number of carbonyl (C=O) groups is 1. The smallest absolute Gasteiger partial charge is 0.269 e. The molecular formula is C19H18FN3O2. The lowest BCUT2D eigenvalue weighted by atomic mass is 10.1. The fraction of sp³-hybridized carbons (Fsp3) is 0.158. The Bertz CT molecular complexity index is 859. The molecule has 0 radical (unpaired) electrons. The lowest BCUT2D eigenvalue weighted by Gasteiger charge is -2.04. The van der Waals surface area contributed by atoms with Gasteiger partial charge in [0.05, 0.1) is 12.3 Å². The fourth-order valence-corrected chi connectivity index (χ4v) is 2.39. The van der Waals surface area contributed by atoms with E-state index in [2.05, 4.69) is 15.5 Å².